The Labute approximate surface area is 144 Å². The van der Waals surface area contributed by atoms with Gasteiger partial charge in [0.2, 0.25) is 0 Å². The third-order valence-corrected chi connectivity index (χ3v) is 5.07. The van der Waals surface area contributed by atoms with E-state index in [-0.39, 0.29) is 0 Å². The Balaban J connectivity index is 1.53. The first-order valence-electron chi connectivity index (χ1n) is 8.83. The highest BCUT2D eigenvalue weighted by Gasteiger charge is 2.26. The second kappa shape index (κ2) is 6.92. The first-order valence-corrected chi connectivity index (χ1v) is 8.83. The molecule has 2 unspecified atom stereocenters. The predicted octanol–water partition coefficient (Wildman–Crippen LogP) is 5.75. The van der Waals surface area contributed by atoms with Gasteiger partial charge in [-0.05, 0) is 42.0 Å². The zero-order valence-corrected chi connectivity index (χ0v) is 13.9. The predicted molar refractivity (Wildman–Crippen MR) is 101 cm³/mol. The molecule has 0 N–H and O–H groups in total. The summed E-state index contributed by atoms with van der Waals surface area (Å²) >= 11 is 0. The minimum atomic E-state index is 0.355. The van der Waals surface area contributed by atoms with Crippen LogP contribution in [-0.4, -0.2) is 10.9 Å². The topological polar surface area (TPSA) is 3.24 Å². The van der Waals surface area contributed by atoms with Crippen LogP contribution in [-0.2, 0) is 0 Å². The Morgan fingerprint density at radius 3 is 2.29 bits per heavy atom. The van der Waals surface area contributed by atoms with E-state index in [0.29, 0.717) is 12.1 Å². The SMILES string of the molecule is C1=CC(c2ccccc2)N(C2CC=C(c3ccccc3)CC2)C=C1. The maximum atomic E-state index is 2.54. The van der Waals surface area contributed by atoms with Gasteiger partial charge < -0.3 is 4.90 Å². The summed E-state index contributed by atoms with van der Waals surface area (Å²) in [6.07, 6.45) is 14.8. The molecular formula is C23H23N. The standard InChI is InChI=1S/C23H23N/c1-3-9-19(10-4-1)20-14-16-22(17-15-20)24-18-8-7-13-23(24)21-11-5-2-6-12-21/h1-14,18,22-23H,15-17H2. The molecule has 0 aromatic heterocycles. The second-order valence-electron chi connectivity index (χ2n) is 6.55. The summed E-state index contributed by atoms with van der Waals surface area (Å²) in [4.78, 5) is 2.54. The Morgan fingerprint density at radius 2 is 1.58 bits per heavy atom. The van der Waals surface area contributed by atoms with Crippen LogP contribution in [0.3, 0.4) is 0 Å². The summed E-state index contributed by atoms with van der Waals surface area (Å²) in [6, 6.07) is 22.5. The van der Waals surface area contributed by atoms with Crippen molar-refractivity contribution in [2.24, 2.45) is 0 Å². The number of hydrogen-bond acceptors (Lipinski definition) is 1. The van der Waals surface area contributed by atoms with Crippen LogP contribution in [0.15, 0.2) is 91.2 Å². The molecule has 4 rings (SSSR count). The van der Waals surface area contributed by atoms with Gasteiger partial charge in [-0.3, -0.25) is 0 Å². The van der Waals surface area contributed by atoms with E-state index in [0.717, 1.165) is 12.8 Å². The van der Waals surface area contributed by atoms with E-state index >= 15 is 0 Å². The molecule has 1 aliphatic heterocycles. The van der Waals surface area contributed by atoms with Crippen LogP contribution in [0.25, 0.3) is 5.57 Å². The van der Waals surface area contributed by atoms with Crippen molar-refractivity contribution in [3.63, 3.8) is 0 Å². The molecule has 2 aliphatic rings. The second-order valence-corrected chi connectivity index (χ2v) is 6.55. The van der Waals surface area contributed by atoms with E-state index < -0.39 is 0 Å². The van der Waals surface area contributed by atoms with Crippen LogP contribution >= 0.6 is 0 Å². The highest BCUT2D eigenvalue weighted by Crippen LogP contribution is 2.35. The van der Waals surface area contributed by atoms with Crippen LogP contribution in [0.5, 0.6) is 0 Å². The van der Waals surface area contributed by atoms with Gasteiger partial charge in [-0.15, -0.1) is 0 Å². The number of benzene rings is 2. The molecule has 0 bridgehead atoms. The van der Waals surface area contributed by atoms with Crippen LogP contribution in [0.4, 0.5) is 0 Å². The number of allylic oxidation sites excluding steroid dienone is 3. The zero-order chi connectivity index (χ0) is 16.2. The van der Waals surface area contributed by atoms with Crippen molar-refractivity contribution in [1.82, 2.24) is 4.90 Å². The maximum Gasteiger partial charge on any atom is 0.0727 e. The van der Waals surface area contributed by atoms with Gasteiger partial charge in [-0.1, -0.05) is 78.9 Å². The molecule has 0 saturated carbocycles. The van der Waals surface area contributed by atoms with Crippen molar-refractivity contribution in [2.75, 3.05) is 0 Å². The number of nitrogens with zero attached hydrogens (tertiary/aromatic N) is 1. The van der Waals surface area contributed by atoms with Crippen LogP contribution in [0.2, 0.25) is 0 Å². The van der Waals surface area contributed by atoms with Gasteiger partial charge in [-0.25, -0.2) is 0 Å². The Kier molecular flexibility index (Phi) is 4.33. The lowest BCUT2D eigenvalue weighted by atomic mass is 9.88. The lowest BCUT2D eigenvalue weighted by molar-refractivity contribution is 0.220. The highest BCUT2D eigenvalue weighted by atomic mass is 15.2. The average Bonchev–Trinajstić information content (AvgIpc) is 2.69. The highest BCUT2D eigenvalue weighted by molar-refractivity contribution is 5.66. The normalized spacial score (nSPS) is 23.2. The van der Waals surface area contributed by atoms with Crippen molar-refractivity contribution in [2.45, 2.75) is 31.3 Å². The van der Waals surface area contributed by atoms with Crippen molar-refractivity contribution in [3.8, 4) is 0 Å². The van der Waals surface area contributed by atoms with E-state index in [1.54, 1.807) is 0 Å². The Morgan fingerprint density at radius 1 is 0.833 bits per heavy atom. The average molecular weight is 313 g/mol. The molecule has 1 nitrogen and oxygen atoms in total. The molecular weight excluding hydrogens is 290 g/mol. The molecule has 0 radical (unpaired) electrons. The quantitative estimate of drug-likeness (QED) is 0.697. The minimum Gasteiger partial charge on any atom is -0.364 e. The van der Waals surface area contributed by atoms with Gasteiger partial charge in [0.25, 0.3) is 0 Å². The zero-order valence-electron chi connectivity index (χ0n) is 13.9. The van der Waals surface area contributed by atoms with Gasteiger partial charge in [-0.2, -0.15) is 0 Å². The van der Waals surface area contributed by atoms with Gasteiger partial charge in [0.05, 0.1) is 6.04 Å². The van der Waals surface area contributed by atoms with E-state index in [2.05, 4.69) is 96.1 Å². The third kappa shape index (κ3) is 3.07. The summed E-state index contributed by atoms with van der Waals surface area (Å²) in [5.41, 5.74) is 4.25. The summed E-state index contributed by atoms with van der Waals surface area (Å²) in [6.45, 7) is 0. The van der Waals surface area contributed by atoms with E-state index in [1.165, 1.54) is 23.1 Å². The van der Waals surface area contributed by atoms with Crippen LogP contribution < -0.4 is 0 Å². The fourth-order valence-corrected chi connectivity index (χ4v) is 3.80. The molecule has 1 heterocycles. The van der Waals surface area contributed by atoms with Gasteiger partial charge in [0.15, 0.2) is 0 Å². The van der Waals surface area contributed by atoms with Crippen molar-refractivity contribution >= 4 is 5.57 Å². The monoisotopic (exact) mass is 313 g/mol. The Bertz CT molecular complexity index is 755. The molecule has 2 aromatic carbocycles. The summed E-state index contributed by atoms with van der Waals surface area (Å²) in [7, 11) is 0. The molecule has 2 atom stereocenters. The first kappa shape index (κ1) is 15.0. The molecule has 1 heteroatoms. The first-order chi connectivity index (χ1) is 11.9. The molecule has 0 spiro atoms. The Hall–Kier alpha value is -2.54. The maximum absolute atomic E-state index is 2.54. The largest absolute Gasteiger partial charge is 0.364 e. The van der Waals surface area contributed by atoms with Crippen molar-refractivity contribution in [3.05, 3.63) is 102 Å². The molecule has 24 heavy (non-hydrogen) atoms. The lowest BCUT2D eigenvalue weighted by Gasteiger charge is -2.39. The molecule has 0 fully saturated rings. The third-order valence-electron chi connectivity index (χ3n) is 5.07. The van der Waals surface area contributed by atoms with Crippen molar-refractivity contribution in [1.29, 1.82) is 0 Å². The van der Waals surface area contributed by atoms with Gasteiger partial charge in [0.1, 0.15) is 0 Å². The van der Waals surface area contributed by atoms with E-state index in [4.69, 9.17) is 0 Å². The van der Waals surface area contributed by atoms with Crippen molar-refractivity contribution < 1.29 is 0 Å². The van der Waals surface area contributed by atoms with Crippen LogP contribution in [0.1, 0.15) is 36.4 Å². The summed E-state index contributed by atoms with van der Waals surface area (Å²) in [5, 5.41) is 0. The molecule has 0 saturated heterocycles. The summed E-state index contributed by atoms with van der Waals surface area (Å²) < 4.78 is 0. The van der Waals surface area contributed by atoms with Crippen LogP contribution in [0, 0.1) is 0 Å². The molecule has 1 aliphatic carbocycles. The molecule has 0 amide bonds. The number of hydrogen-bond donors (Lipinski definition) is 0. The molecule has 120 valence electrons. The van der Waals surface area contributed by atoms with Gasteiger partial charge >= 0.3 is 0 Å². The van der Waals surface area contributed by atoms with E-state index in [1.807, 2.05) is 0 Å². The fourth-order valence-electron chi connectivity index (χ4n) is 3.80. The lowest BCUT2D eigenvalue weighted by Crippen LogP contribution is -2.35. The smallest absolute Gasteiger partial charge is 0.0727 e. The van der Waals surface area contributed by atoms with E-state index in [9.17, 15) is 0 Å². The number of rotatable bonds is 3. The minimum absolute atomic E-state index is 0.355. The van der Waals surface area contributed by atoms with Gasteiger partial charge in [0, 0.05) is 12.2 Å². The molecule has 2 aromatic rings. The fraction of sp³-hybridized carbons (Fsp3) is 0.217. The summed E-state index contributed by atoms with van der Waals surface area (Å²) in [5.74, 6) is 0.